The summed E-state index contributed by atoms with van der Waals surface area (Å²) in [6.45, 7) is 13.9. The van der Waals surface area contributed by atoms with Gasteiger partial charge in [0.15, 0.2) is 0 Å². The first-order valence-electron chi connectivity index (χ1n) is 15.6. The van der Waals surface area contributed by atoms with E-state index in [1.54, 1.807) is 0 Å². The van der Waals surface area contributed by atoms with E-state index in [1.165, 1.54) is 61.7 Å². The molecule has 0 amide bonds. The molecule has 3 aromatic rings. The van der Waals surface area contributed by atoms with Crippen molar-refractivity contribution in [3.05, 3.63) is 166 Å². The lowest BCUT2D eigenvalue weighted by Crippen LogP contribution is -2.22. The second-order valence-corrected chi connectivity index (χ2v) is 11.1. The molecule has 0 atom stereocenters. The molecule has 0 heterocycles. The van der Waals surface area contributed by atoms with E-state index < -0.39 is 7.15 Å². The molecule has 0 spiro atoms. The van der Waals surface area contributed by atoms with Crippen molar-refractivity contribution in [2.45, 2.75) is 60.9 Å². The van der Waals surface area contributed by atoms with Gasteiger partial charge in [-0.2, -0.15) is 0 Å². The molecule has 43 heavy (non-hydrogen) atoms. The van der Waals surface area contributed by atoms with E-state index in [9.17, 15) is 4.39 Å². The van der Waals surface area contributed by atoms with Gasteiger partial charge in [0.25, 0.3) is 0 Å². The van der Waals surface area contributed by atoms with Crippen LogP contribution in [-0.4, -0.2) is 7.15 Å². The third-order valence-electron chi connectivity index (χ3n) is 7.55. The first kappa shape index (κ1) is 31.6. The van der Waals surface area contributed by atoms with Crippen molar-refractivity contribution in [1.29, 1.82) is 0 Å². The van der Waals surface area contributed by atoms with E-state index in [4.69, 9.17) is 1.37 Å². The molecule has 0 fully saturated rings. The lowest BCUT2D eigenvalue weighted by molar-refractivity contribution is 0.636. The van der Waals surface area contributed by atoms with Gasteiger partial charge in [-0.15, -0.1) is 0 Å². The highest BCUT2D eigenvalue weighted by molar-refractivity contribution is 5.60. The fourth-order valence-corrected chi connectivity index (χ4v) is 5.10. The lowest BCUT2D eigenvalue weighted by atomic mass is 10.0. The largest absolute Gasteiger partial charge is 0.358 e. The summed E-state index contributed by atoms with van der Waals surface area (Å²) in [4.78, 5) is 2.46. The number of rotatable bonds is 6. The number of nitrogens with zero attached hydrogens (tertiary/aromatic N) is 1. The number of anilines is 2. The average molecular weight is 576 g/mol. The van der Waals surface area contributed by atoms with Crippen molar-refractivity contribution in [3.8, 4) is 0 Å². The standard InChI is InChI=1S/C24H27N.C15H17N.CH3F/c1-18-11-14-24(21(4)15-18)25(23-9-7-5-6-8-10-23)17-22-13-12-19(2)20(3)16-22;1-12-9-10-15(13(2)11-12)16-14-7-5-3-4-6-8-14;1-2/h5-9,11-16H,10,17H2,1-4H3;3-7,9-11,16H,8H2,1-2H3;1H3/i;;1D. The van der Waals surface area contributed by atoms with Gasteiger partial charge in [-0.25, -0.2) is 0 Å². The fourth-order valence-electron chi connectivity index (χ4n) is 5.10. The molecule has 0 radical (unpaired) electrons. The van der Waals surface area contributed by atoms with E-state index in [-0.39, 0.29) is 0 Å². The first-order chi connectivity index (χ1) is 21.2. The van der Waals surface area contributed by atoms with Crippen molar-refractivity contribution in [3.63, 3.8) is 0 Å². The Morgan fingerprint density at radius 2 is 1.33 bits per heavy atom. The monoisotopic (exact) mass is 575 g/mol. The van der Waals surface area contributed by atoms with Crippen LogP contribution >= 0.6 is 0 Å². The Labute approximate surface area is 260 Å². The van der Waals surface area contributed by atoms with E-state index >= 15 is 0 Å². The maximum atomic E-state index is 9.96. The van der Waals surface area contributed by atoms with Crippen LogP contribution in [0.25, 0.3) is 0 Å². The van der Waals surface area contributed by atoms with Crippen molar-refractivity contribution < 1.29 is 5.76 Å². The zero-order chi connectivity index (χ0) is 31.9. The zero-order valence-electron chi connectivity index (χ0n) is 27.6. The minimum atomic E-state index is -1.00. The summed E-state index contributed by atoms with van der Waals surface area (Å²) in [6, 6.07) is 20.0. The molecule has 0 aromatic heterocycles. The van der Waals surface area contributed by atoms with Gasteiger partial charge in [-0.3, -0.25) is 4.39 Å². The van der Waals surface area contributed by atoms with Crippen LogP contribution in [0.1, 0.15) is 53.2 Å². The predicted molar refractivity (Wildman–Crippen MR) is 187 cm³/mol. The average Bonchev–Trinajstić information content (AvgIpc) is 3.42. The molecular weight excluding hydrogens is 527 g/mol. The predicted octanol–water partition coefficient (Wildman–Crippen LogP) is 11.0. The fraction of sp³-hybridized carbons (Fsp3) is 0.250. The number of hydrogen-bond donors (Lipinski definition) is 1. The molecule has 5 rings (SSSR count). The van der Waals surface area contributed by atoms with E-state index in [2.05, 4.69) is 167 Å². The van der Waals surface area contributed by atoms with Crippen LogP contribution < -0.4 is 10.2 Å². The summed E-state index contributed by atoms with van der Waals surface area (Å²) >= 11 is 0. The Morgan fingerprint density at radius 3 is 2.00 bits per heavy atom. The molecule has 2 aliphatic carbocycles. The van der Waals surface area contributed by atoms with Gasteiger partial charge in [0.1, 0.15) is 0 Å². The van der Waals surface area contributed by atoms with Gasteiger partial charge >= 0.3 is 0 Å². The molecule has 2 nitrogen and oxygen atoms in total. The van der Waals surface area contributed by atoms with Gasteiger partial charge < -0.3 is 10.2 Å². The Morgan fingerprint density at radius 1 is 0.674 bits per heavy atom. The van der Waals surface area contributed by atoms with Gasteiger partial charge in [0.05, 0.1) is 8.52 Å². The summed E-state index contributed by atoms with van der Waals surface area (Å²) in [5, 5.41) is 3.47. The molecule has 0 saturated carbocycles. The summed E-state index contributed by atoms with van der Waals surface area (Å²) in [5.41, 5.74) is 14.3. The highest BCUT2D eigenvalue weighted by atomic mass is 19.1. The number of nitrogens with one attached hydrogen (secondary N) is 1. The van der Waals surface area contributed by atoms with E-state index in [0.29, 0.717) is 0 Å². The number of benzene rings is 3. The molecule has 3 aromatic carbocycles. The molecule has 1 N–H and O–H groups in total. The first-order valence-corrected chi connectivity index (χ1v) is 14.9. The molecule has 0 unspecified atom stereocenters. The third-order valence-corrected chi connectivity index (χ3v) is 7.55. The second-order valence-electron chi connectivity index (χ2n) is 11.1. The Hall–Kier alpha value is -4.37. The smallest absolute Gasteiger partial charge is 0.0785 e. The van der Waals surface area contributed by atoms with Gasteiger partial charge in [0.2, 0.25) is 0 Å². The van der Waals surface area contributed by atoms with Crippen molar-refractivity contribution in [2.75, 3.05) is 17.4 Å². The minimum Gasteiger partial charge on any atom is -0.358 e. The Balaban J connectivity index is 0.000000239. The van der Waals surface area contributed by atoms with E-state index in [0.717, 1.165) is 19.4 Å². The molecule has 224 valence electrons. The van der Waals surface area contributed by atoms with Crippen LogP contribution in [0, 0.1) is 41.5 Å². The molecule has 0 aliphatic heterocycles. The van der Waals surface area contributed by atoms with Crippen LogP contribution in [0.2, 0.25) is 0 Å². The third kappa shape index (κ3) is 10.1. The molecule has 3 heteroatoms. The highest BCUT2D eigenvalue weighted by Gasteiger charge is 2.15. The van der Waals surface area contributed by atoms with Gasteiger partial charge in [-0.1, -0.05) is 102 Å². The summed E-state index contributed by atoms with van der Waals surface area (Å²) < 4.78 is 15.5. The minimum absolute atomic E-state index is 0.887. The molecule has 0 bridgehead atoms. The number of alkyl halides is 1. The maximum Gasteiger partial charge on any atom is 0.0785 e. The summed E-state index contributed by atoms with van der Waals surface area (Å²) in [7, 11) is -1.00. The number of aryl methyl sites for hydroxylation is 6. The second kappa shape index (κ2) is 16.9. The van der Waals surface area contributed by atoms with Crippen LogP contribution in [-0.2, 0) is 6.54 Å². The van der Waals surface area contributed by atoms with Crippen molar-refractivity contribution in [2.24, 2.45) is 0 Å². The molecular formula is C40H47FN2. The number of halogens is 1. The molecule has 2 aliphatic rings. The van der Waals surface area contributed by atoms with Crippen molar-refractivity contribution in [1.82, 2.24) is 0 Å². The Bertz CT molecular complexity index is 1570. The van der Waals surface area contributed by atoms with Crippen LogP contribution in [0.5, 0.6) is 0 Å². The van der Waals surface area contributed by atoms with Crippen LogP contribution in [0.3, 0.4) is 0 Å². The quantitative estimate of drug-likeness (QED) is 0.314. The Kier molecular flexibility index (Phi) is 12.4. The normalized spacial score (nSPS) is 13.7. The topological polar surface area (TPSA) is 15.3 Å². The van der Waals surface area contributed by atoms with Gasteiger partial charge in [-0.05, 0) is 93.6 Å². The molecule has 0 saturated heterocycles. The van der Waals surface area contributed by atoms with Crippen LogP contribution in [0.15, 0.2) is 127 Å². The summed E-state index contributed by atoms with van der Waals surface area (Å²) in [6.07, 6.45) is 23.2. The summed E-state index contributed by atoms with van der Waals surface area (Å²) in [5.74, 6) is 0. The highest BCUT2D eigenvalue weighted by Crippen LogP contribution is 2.29. The number of allylic oxidation sites excluding steroid dienone is 10. The number of hydrogen-bond acceptors (Lipinski definition) is 2. The maximum absolute atomic E-state index is 9.96. The zero-order valence-corrected chi connectivity index (χ0v) is 26.6. The lowest BCUT2D eigenvalue weighted by Gasteiger charge is -2.29. The van der Waals surface area contributed by atoms with Crippen molar-refractivity contribution >= 4 is 11.4 Å². The van der Waals surface area contributed by atoms with E-state index in [1.807, 2.05) is 0 Å². The van der Waals surface area contributed by atoms with Crippen LogP contribution in [0.4, 0.5) is 15.8 Å². The van der Waals surface area contributed by atoms with Gasteiger partial charge in [0, 0.05) is 42.2 Å². The SMILES string of the molecule is Cc1ccc(N(Cc2ccc(C)c(C)c2)C2=CC=CC=CC2)c(C)c1.Cc1ccc(NC2=CC=CC=CC2)c(C)c1.[2H]CF.